The summed E-state index contributed by atoms with van der Waals surface area (Å²) in [6.45, 7) is 8.87. The zero-order chi connectivity index (χ0) is 28.7. The summed E-state index contributed by atoms with van der Waals surface area (Å²) in [5.74, 6) is -1.09. The topological polar surface area (TPSA) is 91.0 Å². The molecule has 39 heavy (non-hydrogen) atoms. The first-order chi connectivity index (χ1) is 18.2. The maximum atomic E-state index is 14.6. The number of nitriles is 1. The quantitative estimate of drug-likeness (QED) is 0.434. The van der Waals surface area contributed by atoms with Crippen molar-refractivity contribution in [3.05, 3.63) is 58.9 Å². The van der Waals surface area contributed by atoms with Crippen molar-refractivity contribution < 1.29 is 22.8 Å². The second-order valence-corrected chi connectivity index (χ2v) is 11.3. The van der Waals surface area contributed by atoms with Crippen molar-refractivity contribution in [2.45, 2.75) is 52.6 Å². The van der Waals surface area contributed by atoms with Crippen molar-refractivity contribution >= 4 is 28.5 Å². The maximum absolute atomic E-state index is 14.6. The molecule has 1 atom stereocenters. The predicted molar refractivity (Wildman–Crippen MR) is 142 cm³/mol. The molecule has 10 heteroatoms. The molecule has 3 heterocycles. The number of likely N-dealkylation sites (tertiary alicyclic amines) is 1. The van der Waals surface area contributed by atoms with Gasteiger partial charge in [0.25, 0.3) is 5.91 Å². The smallest absolute Gasteiger partial charge is 0.342 e. The third-order valence-corrected chi connectivity index (χ3v) is 7.72. The zero-order valence-electron chi connectivity index (χ0n) is 22.7. The van der Waals surface area contributed by atoms with Gasteiger partial charge in [0.2, 0.25) is 5.91 Å². The summed E-state index contributed by atoms with van der Waals surface area (Å²) in [5.41, 5.74) is -0.619. The van der Waals surface area contributed by atoms with Crippen LogP contribution in [0.5, 0.6) is 0 Å². The molecule has 206 valence electrons. The number of nitrogens with zero attached hydrogens (tertiary/aromatic N) is 4. The summed E-state index contributed by atoms with van der Waals surface area (Å²) in [5, 5.41) is 11.4. The fourth-order valence-electron chi connectivity index (χ4n) is 5.05. The minimum atomic E-state index is -4.77. The van der Waals surface area contributed by atoms with Gasteiger partial charge in [0.15, 0.2) is 0 Å². The highest BCUT2D eigenvalue weighted by atomic mass is 19.4. The molecule has 0 bridgehead atoms. The summed E-state index contributed by atoms with van der Waals surface area (Å²) in [4.78, 5) is 31.9. The van der Waals surface area contributed by atoms with Gasteiger partial charge in [-0.1, -0.05) is 33.8 Å². The van der Waals surface area contributed by atoms with Gasteiger partial charge in [-0.05, 0) is 47.9 Å². The first-order valence-corrected chi connectivity index (χ1v) is 12.9. The van der Waals surface area contributed by atoms with Crippen LogP contribution in [0, 0.1) is 22.7 Å². The summed E-state index contributed by atoms with van der Waals surface area (Å²) >= 11 is 0. The number of carbonyl (C=O) groups is 2. The highest BCUT2D eigenvalue weighted by Crippen LogP contribution is 2.44. The number of halogens is 3. The lowest BCUT2D eigenvalue weighted by atomic mass is 9.80. The monoisotopic (exact) mass is 539 g/mol. The van der Waals surface area contributed by atoms with E-state index >= 15 is 0 Å². The number of aryl methyl sites for hydroxylation is 1. The maximum Gasteiger partial charge on any atom is 0.419 e. The number of hydrogen-bond acceptors (Lipinski definition) is 4. The molecule has 3 aromatic rings. The van der Waals surface area contributed by atoms with Crippen molar-refractivity contribution in [3.8, 4) is 6.07 Å². The number of carbonyl (C=O) groups excluding carboxylic acids is 2. The van der Waals surface area contributed by atoms with Gasteiger partial charge < -0.3 is 14.8 Å². The number of nitrogens with one attached hydrogen (secondary N) is 1. The Morgan fingerprint density at radius 1 is 1.18 bits per heavy atom. The fourth-order valence-corrected chi connectivity index (χ4v) is 5.05. The van der Waals surface area contributed by atoms with Gasteiger partial charge in [-0.3, -0.25) is 9.59 Å². The zero-order valence-corrected chi connectivity index (χ0v) is 22.7. The molecular formula is C29H32F3N5O2. The molecule has 0 radical (unpaired) electrons. The van der Waals surface area contributed by atoms with Crippen molar-refractivity contribution in [1.29, 1.82) is 5.26 Å². The largest absolute Gasteiger partial charge is 0.419 e. The number of benzene rings is 1. The molecule has 0 unspecified atom stereocenters. The number of pyridine rings is 1. The Bertz CT molecular complexity index is 1450. The van der Waals surface area contributed by atoms with Gasteiger partial charge in [0.1, 0.15) is 5.65 Å². The molecule has 0 saturated carbocycles. The summed E-state index contributed by atoms with van der Waals surface area (Å²) in [7, 11) is 1.65. The summed E-state index contributed by atoms with van der Waals surface area (Å²) in [6, 6.07) is 7.66. The van der Waals surface area contributed by atoms with E-state index in [0.29, 0.717) is 31.5 Å². The Morgan fingerprint density at radius 3 is 2.44 bits per heavy atom. The van der Waals surface area contributed by atoms with Crippen LogP contribution in [0.3, 0.4) is 0 Å². The minimum Gasteiger partial charge on any atom is -0.342 e. The van der Waals surface area contributed by atoms with E-state index in [1.54, 1.807) is 17.8 Å². The lowest BCUT2D eigenvalue weighted by molar-refractivity contribution is -0.139. The molecule has 2 amide bonds. The van der Waals surface area contributed by atoms with Gasteiger partial charge in [0.05, 0.1) is 29.1 Å². The molecule has 1 aliphatic rings. The minimum absolute atomic E-state index is 0.0404. The van der Waals surface area contributed by atoms with Crippen LogP contribution < -0.4 is 5.32 Å². The Hall–Kier alpha value is -3.87. The SMILES string of the molecule is C[C@H](C(=O)N1CCC(c2cn(C)c3ncc(NC(=O)c4cccc(C#N)c4)c(C(F)(F)F)c23)CC1)C(C)(C)C. The number of alkyl halides is 3. The van der Waals surface area contributed by atoms with Crippen LogP contribution in [0.2, 0.25) is 0 Å². The first kappa shape index (κ1) is 28.1. The van der Waals surface area contributed by atoms with E-state index in [1.165, 1.54) is 24.3 Å². The summed E-state index contributed by atoms with van der Waals surface area (Å²) in [6.07, 6.45) is -1.02. The Balaban J connectivity index is 1.69. The van der Waals surface area contributed by atoms with Gasteiger partial charge in [0, 0.05) is 43.2 Å². The molecule has 1 aromatic carbocycles. The van der Waals surface area contributed by atoms with Crippen molar-refractivity contribution in [1.82, 2.24) is 14.5 Å². The average molecular weight is 540 g/mol. The molecule has 1 aliphatic heterocycles. The van der Waals surface area contributed by atoms with E-state index < -0.39 is 23.3 Å². The third-order valence-electron chi connectivity index (χ3n) is 7.72. The molecule has 0 spiro atoms. The second kappa shape index (κ2) is 10.4. The molecule has 2 aromatic heterocycles. The Labute approximate surface area is 225 Å². The van der Waals surface area contributed by atoms with Gasteiger partial charge in [-0.2, -0.15) is 18.4 Å². The van der Waals surface area contributed by atoms with E-state index in [4.69, 9.17) is 5.26 Å². The molecule has 4 rings (SSSR count). The third kappa shape index (κ3) is 5.63. The van der Waals surface area contributed by atoms with Gasteiger partial charge in [-0.25, -0.2) is 4.98 Å². The number of piperidine rings is 1. The highest BCUT2D eigenvalue weighted by Gasteiger charge is 2.40. The molecule has 1 N–H and O–H groups in total. The fraction of sp³-hybridized carbons (Fsp3) is 0.448. The van der Waals surface area contributed by atoms with Crippen LogP contribution in [-0.2, 0) is 18.0 Å². The average Bonchev–Trinajstić information content (AvgIpc) is 3.22. The van der Waals surface area contributed by atoms with Crippen molar-refractivity contribution in [3.63, 3.8) is 0 Å². The van der Waals surface area contributed by atoms with E-state index in [9.17, 15) is 22.8 Å². The number of aromatic nitrogens is 2. The first-order valence-electron chi connectivity index (χ1n) is 12.9. The normalized spacial score (nSPS) is 15.7. The number of rotatable bonds is 4. The number of fused-ring (bicyclic) bond motifs is 1. The highest BCUT2D eigenvalue weighted by molar-refractivity contribution is 6.06. The van der Waals surface area contributed by atoms with Crippen LogP contribution in [0.15, 0.2) is 36.7 Å². The second-order valence-electron chi connectivity index (χ2n) is 11.3. The lowest BCUT2D eigenvalue weighted by Gasteiger charge is -2.37. The molecular weight excluding hydrogens is 507 g/mol. The van der Waals surface area contributed by atoms with Crippen molar-refractivity contribution in [2.75, 3.05) is 18.4 Å². The number of hydrogen-bond donors (Lipinski definition) is 1. The van der Waals surface area contributed by atoms with E-state index in [-0.39, 0.29) is 45.3 Å². The van der Waals surface area contributed by atoms with Crippen LogP contribution >= 0.6 is 0 Å². The van der Waals surface area contributed by atoms with E-state index in [1.807, 2.05) is 38.7 Å². The van der Waals surface area contributed by atoms with E-state index in [2.05, 4.69) is 10.3 Å². The van der Waals surface area contributed by atoms with E-state index in [0.717, 1.165) is 6.20 Å². The number of anilines is 1. The Kier molecular flexibility index (Phi) is 7.48. The van der Waals surface area contributed by atoms with Crippen molar-refractivity contribution in [2.24, 2.45) is 18.4 Å². The van der Waals surface area contributed by atoms with Crippen LogP contribution in [0.1, 0.15) is 73.5 Å². The Morgan fingerprint density at radius 2 is 1.85 bits per heavy atom. The molecule has 0 aliphatic carbocycles. The summed E-state index contributed by atoms with van der Waals surface area (Å²) < 4.78 is 45.3. The van der Waals surface area contributed by atoms with Crippen LogP contribution in [0.4, 0.5) is 18.9 Å². The predicted octanol–water partition coefficient (Wildman–Crippen LogP) is 6.10. The van der Waals surface area contributed by atoms with Crippen LogP contribution in [-0.4, -0.2) is 39.4 Å². The van der Waals surface area contributed by atoms with Gasteiger partial charge in [-0.15, -0.1) is 0 Å². The molecule has 7 nitrogen and oxygen atoms in total. The molecule has 1 saturated heterocycles. The standard InChI is InChI=1S/C29H32F3N5O2/c1-17(28(2,3)4)27(39)37-11-9-19(10-12-37)21-16-36(5)25-23(21)24(29(30,31)32)22(15-34-25)35-26(38)20-8-6-7-18(13-20)14-33/h6-8,13,15-17,19H,9-12H2,1-5H3,(H,35,38)/t17-/m1/s1. The molecule has 1 fully saturated rings. The lowest BCUT2D eigenvalue weighted by Crippen LogP contribution is -2.43. The number of amides is 2. The van der Waals surface area contributed by atoms with Crippen LogP contribution in [0.25, 0.3) is 11.0 Å². The van der Waals surface area contributed by atoms with Gasteiger partial charge >= 0.3 is 6.18 Å².